The Labute approximate surface area is 123 Å². The fourth-order valence-corrected chi connectivity index (χ4v) is 2.50. The summed E-state index contributed by atoms with van der Waals surface area (Å²) in [6.45, 7) is 11.8. The molecule has 118 valence electrons. The van der Waals surface area contributed by atoms with Gasteiger partial charge in [-0.3, -0.25) is 4.79 Å². The lowest BCUT2D eigenvalue weighted by Gasteiger charge is -2.32. The number of likely N-dealkylation sites (tertiary alicyclic amines) is 1. The highest BCUT2D eigenvalue weighted by Gasteiger charge is 2.20. The molecule has 0 radical (unpaired) electrons. The number of ether oxygens (including phenoxy) is 2. The number of amides is 1. The second kappa shape index (κ2) is 10.1. The maximum absolute atomic E-state index is 11.9. The molecule has 1 aliphatic heterocycles. The quantitative estimate of drug-likeness (QED) is 0.649. The van der Waals surface area contributed by atoms with Crippen molar-refractivity contribution in [2.75, 3.05) is 46.0 Å². The van der Waals surface area contributed by atoms with Crippen LogP contribution in [-0.4, -0.2) is 62.9 Å². The molecule has 1 N–H and O–H groups in total. The van der Waals surface area contributed by atoms with Gasteiger partial charge >= 0.3 is 0 Å². The van der Waals surface area contributed by atoms with Crippen molar-refractivity contribution in [3.05, 3.63) is 0 Å². The molecule has 1 rings (SSSR count). The fourth-order valence-electron chi connectivity index (χ4n) is 2.50. The summed E-state index contributed by atoms with van der Waals surface area (Å²) in [6, 6.07) is 0. The van der Waals surface area contributed by atoms with Crippen LogP contribution < -0.4 is 5.32 Å². The minimum Gasteiger partial charge on any atom is -0.379 e. The molecule has 0 aromatic carbocycles. The SMILES string of the molecule is CCOCCO[C@H](C)C(=O)NC[C@H]1CCCN(CC)C1. The Morgan fingerprint density at radius 1 is 1.40 bits per heavy atom. The Balaban J connectivity index is 2.14. The number of hydrogen-bond acceptors (Lipinski definition) is 4. The van der Waals surface area contributed by atoms with Crippen molar-refractivity contribution in [1.82, 2.24) is 10.2 Å². The first kappa shape index (κ1) is 17.4. The van der Waals surface area contributed by atoms with Crippen molar-refractivity contribution in [3.8, 4) is 0 Å². The molecule has 1 saturated heterocycles. The Morgan fingerprint density at radius 2 is 2.20 bits per heavy atom. The summed E-state index contributed by atoms with van der Waals surface area (Å²) < 4.78 is 10.6. The topological polar surface area (TPSA) is 50.8 Å². The zero-order valence-electron chi connectivity index (χ0n) is 13.2. The number of nitrogens with one attached hydrogen (secondary N) is 1. The van der Waals surface area contributed by atoms with Gasteiger partial charge in [0.2, 0.25) is 5.91 Å². The van der Waals surface area contributed by atoms with Crippen molar-refractivity contribution in [1.29, 1.82) is 0 Å². The predicted molar refractivity (Wildman–Crippen MR) is 79.8 cm³/mol. The largest absolute Gasteiger partial charge is 0.379 e. The van der Waals surface area contributed by atoms with E-state index in [2.05, 4.69) is 17.1 Å². The molecule has 0 aromatic heterocycles. The third-order valence-electron chi connectivity index (χ3n) is 3.78. The molecular formula is C15H30N2O3. The van der Waals surface area contributed by atoms with E-state index in [9.17, 15) is 4.79 Å². The van der Waals surface area contributed by atoms with Gasteiger partial charge in [0, 0.05) is 19.7 Å². The standard InChI is InChI=1S/C15H30N2O3/c1-4-17-8-6-7-14(12-17)11-16-15(18)13(3)20-10-9-19-5-2/h13-14H,4-12H2,1-3H3,(H,16,18)/t13-,14-/m1/s1. The van der Waals surface area contributed by atoms with Crippen molar-refractivity contribution in [3.63, 3.8) is 0 Å². The van der Waals surface area contributed by atoms with Crippen LogP contribution in [0.2, 0.25) is 0 Å². The second-order valence-corrected chi connectivity index (χ2v) is 5.36. The van der Waals surface area contributed by atoms with Crippen LogP contribution in [0.4, 0.5) is 0 Å². The molecule has 0 spiro atoms. The van der Waals surface area contributed by atoms with Gasteiger partial charge in [-0.1, -0.05) is 6.92 Å². The van der Waals surface area contributed by atoms with Crippen LogP contribution >= 0.6 is 0 Å². The molecule has 20 heavy (non-hydrogen) atoms. The summed E-state index contributed by atoms with van der Waals surface area (Å²) in [5.74, 6) is 0.554. The minimum absolute atomic E-state index is 0.0184. The molecule has 0 aliphatic carbocycles. The van der Waals surface area contributed by atoms with E-state index < -0.39 is 6.10 Å². The fraction of sp³-hybridized carbons (Fsp3) is 0.933. The highest BCUT2D eigenvalue weighted by molar-refractivity contribution is 5.80. The molecule has 2 atom stereocenters. The zero-order chi connectivity index (χ0) is 14.8. The van der Waals surface area contributed by atoms with Gasteiger partial charge in [0.05, 0.1) is 13.2 Å². The monoisotopic (exact) mass is 286 g/mol. The Hall–Kier alpha value is -0.650. The number of nitrogens with zero attached hydrogens (tertiary/aromatic N) is 1. The molecule has 1 aliphatic rings. The average molecular weight is 286 g/mol. The molecule has 0 aromatic rings. The van der Waals surface area contributed by atoms with Crippen molar-refractivity contribution < 1.29 is 14.3 Å². The van der Waals surface area contributed by atoms with Gasteiger partial charge in [-0.05, 0) is 45.7 Å². The van der Waals surface area contributed by atoms with Crippen LogP contribution in [0.1, 0.15) is 33.6 Å². The van der Waals surface area contributed by atoms with Crippen LogP contribution in [-0.2, 0) is 14.3 Å². The molecule has 5 nitrogen and oxygen atoms in total. The lowest BCUT2D eigenvalue weighted by Crippen LogP contribution is -2.43. The number of hydrogen-bond donors (Lipinski definition) is 1. The normalized spacial score (nSPS) is 21.6. The number of carbonyl (C=O) groups is 1. The minimum atomic E-state index is -0.402. The van der Waals surface area contributed by atoms with Crippen LogP contribution in [0.5, 0.6) is 0 Å². The first-order chi connectivity index (χ1) is 9.67. The Morgan fingerprint density at radius 3 is 2.90 bits per heavy atom. The second-order valence-electron chi connectivity index (χ2n) is 5.36. The first-order valence-electron chi connectivity index (χ1n) is 7.86. The lowest BCUT2D eigenvalue weighted by atomic mass is 9.98. The van der Waals surface area contributed by atoms with E-state index in [0.29, 0.717) is 25.7 Å². The lowest BCUT2D eigenvalue weighted by molar-refractivity contribution is -0.132. The van der Waals surface area contributed by atoms with E-state index in [1.165, 1.54) is 19.4 Å². The van der Waals surface area contributed by atoms with Gasteiger partial charge in [-0.15, -0.1) is 0 Å². The predicted octanol–water partition coefficient (Wildman–Crippen LogP) is 1.28. The van der Waals surface area contributed by atoms with Crippen molar-refractivity contribution in [2.45, 2.75) is 39.7 Å². The molecule has 1 heterocycles. The van der Waals surface area contributed by atoms with Crippen LogP contribution in [0, 0.1) is 5.92 Å². The van der Waals surface area contributed by atoms with Gasteiger partial charge in [0.15, 0.2) is 0 Å². The molecular weight excluding hydrogens is 256 g/mol. The number of rotatable bonds is 9. The van der Waals surface area contributed by atoms with E-state index >= 15 is 0 Å². The van der Waals surface area contributed by atoms with E-state index in [1.54, 1.807) is 6.92 Å². The van der Waals surface area contributed by atoms with E-state index in [0.717, 1.165) is 19.6 Å². The molecule has 0 bridgehead atoms. The van der Waals surface area contributed by atoms with E-state index in [4.69, 9.17) is 9.47 Å². The highest BCUT2D eigenvalue weighted by atomic mass is 16.5. The van der Waals surface area contributed by atoms with Gasteiger partial charge in [0.1, 0.15) is 6.10 Å². The van der Waals surface area contributed by atoms with Crippen LogP contribution in [0.3, 0.4) is 0 Å². The maximum atomic E-state index is 11.9. The molecule has 0 saturated carbocycles. The zero-order valence-corrected chi connectivity index (χ0v) is 13.2. The molecule has 5 heteroatoms. The molecule has 1 fully saturated rings. The first-order valence-corrected chi connectivity index (χ1v) is 7.86. The average Bonchev–Trinajstić information content (AvgIpc) is 2.49. The van der Waals surface area contributed by atoms with Crippen LogP contribution in [0.25, 0.3) is 0 Å². The maximum Gasteiger partial charge on any atom is 0.248 e. The molecule has 0 unspecified atom stereocenters. The highest BCUT2D eigenvalue weighted by Crippen LogP contribution is 2.15. The Kier molecular flexibility index (Phi) is 8.82. The van der Waals surface area contributed by atoms with E-state index in [1.807, 2.05) is 6.92 Å². The van der Waals surface area contributed by atoms with Gasteiger partial charge < -0.3 is 19.7 Å². The van der Waals surface area contributed by atoms with Crippen molar-refractivity contribution in [2.24, 2.45) is 5.92 Å². The number of piperidine rings is 1. The molecule has 1 amide bonds. The van der Waals surface area contributed by atoms with Gasteiger partial charge in [-0.25, -0.2) is 0 Å². The number of carbonyl (C=O) groups excluding carboxylic acids is 1. The summed E-state index contributed by atoms with van der Waals surface area (Å²) in [6.07, 6.45) is 2.03. The third-order valence-corrected chi connectivity index (χ3v) is 3.78. The summed E-state index contributed by atoms with van der Waals surface area (Å²) in [5.41, 5.74) is 0. The summed E-state index contributed by atoms with van der Waals surface area (Å²) in [4.78, 5) is 14.4. The van der Waals surface area contributed by atoms with Crippen molar-refractivity contribution >= 4 is 5.91 Å². The van der Waals surface area contributed by atoms with Crippen LogP contribution in [0.15, 0.2) is 0 Å². The van der Waals surface area contributed by atoms with E-state index in [-0.39, 0.29) is 5.91 Å². The van der Waals surface area contributed by atoms with Gasteiger partial charge in [0.25, 0.3) is 0 Å². The summed E-state index contributed by atoms with van der Waals surface area (Å²) in [5, 5.41) is 3.01. The summed E-state index contributed by atoms with van der Waals surface area (Å²) >= 11 is 0. The van der Waals surface area contributed by atoms with Gasteiger partial charge in [-0.2, -0.15) is 0 Å². The summed E-state index contributed by atoms with van der Waals surface area (Å²) in [7, 11) is 0. The Bertz CT molecular complexity index is 274. The third kappa shape index (κ3) is 6.68. The smallest absolute Gasteiger partial charge is 0.248 e.